The highest BCUT2D eigenvalue weighted by molar-refractivity contribution is 6.70. The standard InChI is InChI=1S/C14H32O2Si/c1-8-11-14(4,5)17(15-6,16-7)12-13(9-2)10-3/h13H,8-12H2,1-7H3. The van der Waals surface area contributed by atoms with Gasteiger partial charge in [-0.25, -0.2) is 0 Å². The molecule has 0 rings (SSSR count). The third-order valence-electron chi connectivity index (χ3n) is 4.28. The van der Waals surface area contributed by atoms with E-state index in [1.54, 1.807) is 0 Å². The highest BCUT2D eigenvalue weighted by Crippen LogP contribution is 2.46. The molecule has 0 heterocycles. The van der Waals surface area contributed by atoms with Crippen LogP contribution in [0.3, 0.4) is 0 Å². The summed E-state index contributed by atoms with van der Waals surface area (Å²) in [5.41, 5.74) is 0. The Hall–Kier alpha value is 0.137. The zero-order chi connectivity index (χ0) is 13.5. The molecule has 2 nitrogen and oxygen atoms in total. The number of rotatable bonds is 9. The van der Waals surface area contributed by atoms with Crippen LogP contribution in [0.5, 0.6) is 0 Å². The minimum absolute atomic E-state index is 0.188. The van der Waals surface area contributed by atoms with Crippen LogP contribution in [-0.4, -0.2) is 22.8 Å². The lowest BCUT2D eigenvalue weighted by molar-refractivity contribution is 0.196. The quantitative estimate of drug-likeness (QED) is 0.558. The Kier molecular flexibility index (Phi) is 7.61. The monoisotopic (exact) mass is 260 g/mol. The van der Waals surface area contributed by atoms with Crippen LogP contribution in [0.4, 0.5) is 0 Å². The van der Waals surface area contributed by atoms with E-state index in [0.29, 0.717) is 0 Å². The molecule has 0 saturated carbocycles. The summed E-state index contributed by atoms with van der Waals surface area (Å²) in [7, 11) is 1.59. The predicted molar refractivity (Wildman–Crippen MR) is 77.6 cm³/mol. The van der Waals surface area contributed by atoms with E-state index in [2.05, 4.69) is 34.6 Å². The van der Waals surface area contributed by atoms with Crippen LogP contribution in [-0.2, 0) is 8.85 Å². The average molecular weight is 260 g/mol. The normalized spacial score (nSPS) is 13.4. The Morgan fingerprint density at radius 2 is 1.47 bits per heavy atom. The molecular formula is C14H32O2Si. The van der Waals surface area contributed by atoms with E-state index >= 15 is 0 Å². The van der Waals surface area contributed by atoms with Crippen molar-refractivity contribution in [1.29, 1.82) is 0 Å². The molecule has 0 aliphatic rings. The molecule has 0 amide bonds. The summed E-state index contributed by atoms with van der Waals surface area (Å²) in [6, 6.07) is 1.12. The fourth-order valence-corrected chi connectivity index (χ4v) is 6.98. The SMILES string of the molecule is CCCC(C)(C)[Si](CC(CC)CC)(OC)OC. The van der Waals surface area contributed by atoms with Gasteiger partial charge in [0, 0.05) is 19.3 Å². The van der Waals surface area contributed by atoms with Gasteiger partial charge in [0.15, 0.2) is 0 Å². The van der Waals surface area contributed by atoms with E-state index in [4.69, 9.17) is 8.85 Å². The van der Waals surface area contributed by atoms with Crippen molar-refractivity contribution in [2.75, 3.05) is 14.2 Å². The first-order valence-corrected chi connectivity index (χ1v) is 9.05. The molecule has 0 unspecified atom stereocenters. The maximum Gasteiger partial charge on any atom is 0.343 e. The molecule has 0 N–H and O–H groups in total. The Morgan fingerprint density at radius 3 is 1.76 bits per heavy atom. The molecule has 0 radical (unpaired) electrons. The fourth-order valence-electron chi connectivity index (χ4n) is 2.85. The minimum Gasteiger partial charge on any atom is -0.397 e. The number of hydrogen-bond donors (Lipinski definition) is 0. The summed E-state index contributed by atoms with van der Waals surface area (Å²) < 4.78 is 11.9. The van der Waals surface area contributed by atoms with Crippen molar-refractivity contribution < 1.29 is 8.85 Å². The van der Waals surface area contributed by atoms with Crippen molar-refractivity contribution in [1.82, 2.24) is 0 Å². The lowest BCUT2D eigenvalue weighted by Crippen LogP contribution is -2.51. The van der Waals surface area contributed by atoms with Crippen LogP contribution >= 0.6 is 0 Å². The minimum atomic E-state index is -2.10. The second-order valence-electron chi connectivity index (χ2n) is 5.68. The molecule has 3 heteroatoms. The lowest BCUT2D eigenvalue weighted by atomic mass is 10.1. The highest BCUT2D eigenvalue weighted by Gasteiger charge is 2.50. The lowest BCUT2D eigenvalue weighted by Gasteiger charge is -2.43. The Morgan fingerprint density at radius 1 is 1.00 bits per heavy atom. The van der Waals surface area contributed by atoms with Crippen molar-refractivity contribution in [2.24, 2.45) is 5.92 Å². The molecule has 0 atom stereocenters. The van der Waals surface area contributed by atoms with Crippen molar-refractivity contribution in [3.63, 3.8) is 0 Å². The zero-order valence-electron chi connectivity index (χ0n) is 12.9. The zero-order valence-corrected chi connectivity index (χ0v) is 13.9. The van der Waals surface area contributed by atoms with Gasteiger partial charge >= 0.3 is 8.56 Å². The van der Waals surface area contributed by atoms with Crippen LogP contribution in [0, 0.1) is 5.92 Å². The molecule has 0 aromatic carbocycles. The molecule has 0 bridgehead atoms. The first kappa shape index (κ1) is 17.1. The van der Waals surface area contributed by atoms with Crippen LogP contribution in [0.15, 0.2) is 0 Å². The van der Waals surface area contributed by atoms with Gasteiger partial charge in [0.25, 0.3) is 0 Å². The van der Waals surface area contributed by atoms with Crippen LogP contribution in [0.1, 0.15) is 60.3 Å². The average Bonchev–Trinajstić information content (AvgIpc) is 2.31. The van der Waals surface area contributed by atoms with Crippen LogP contribution in [0.2, 0.25) is 11.1 Å². The van der Waals surface area contributed by atoms with Gasteiger partial charge in [-0.2, -0.15) is 0 Å². The topological polar surface area (TPSA) is 18.5 Å². The van der Waals surface area contributed by atoms with E-state index in [9.17, 15) is 0 Å². The van der Waals surface area contributed by atoms with Crippen molar-refractivity contribution in [3.05, 3.63) is 0 Å². The van der Waals surface area contributed by atoms with Gasteiger partial charge < -0.3 is 8.85 Å². The predicted octanol–water partition coefficient (Wildman–Crippen LogP) is 4.74. The first-order chi connectivity index (χ1) is 7.92. The summed E-state index contributed by atoms with van der Waals surface area (Å²) in [6.07, 6.45) is 4.82. The van der Waals surface area contributed by atoms with E-state index in [0.717, 1.165) is 12.0 Å². The van der Waals surface area contributed by atoms with Gasteiger partial charge in [0.1, 0.15) is 0 Å². The van der Waals surface area contributed by atoms with Gasteiger partial charge in [0.05, 0.1) is 0 Å². The maximum absolute atomic E-state index is 5.96. The van der Waals surface area contributed by atoms with Gasteiger partial charge in [-0.05, 0) is 18.4 Å². The van der Waals surface area contributed by atoms with Gasteiger partial charge in [-0.3, -0.25) is 0 Å². The van der Waals surface area contributed by atoms with Gasteiger partial charge in [-0.1, -0.05) is 53.9 Å². The molecule has 0 aromatic heterocycles. The third-order valence-corrected chi connectivity index (χ3v) is 9.02. The Labute approximate surface area is 109 Å². The van der Waals surface area contributed by atoms with E-state index in [-0.39, 0.29) is 5.04 Å². The van der Waals surface area contributed by atoms with Crippen molar-refractivity contribution >= 4 is 8.56 Å². The highest BCUT2D eigenvalue weighted by atomic mass is 28.4. The summed E-state index contributed by atoms with van der Waals surface area (Å²) in [4.78, 5) is 0. The summed E-state index contributed by atoms with van der Waals surface area (Å²) >= 11 is 0. The fraction of sp³-hybridized carbons (Fsp3) is 1.00. The maximum atomic E-state index is 5.96. The smallest absolute Gasteiger partial charge is 0.343 e. The Balaban J connectivity index is 5.00. The van der Waals surface area contributed by atoms with Crippen LogP contribution in [0.25, 0.3) is 0 Å². The van der Waals surface area contributed by atoms with Crippen molar-refractivity contribution in [2.45, 2.75) is 71.4 Å². The Bertz CT molecular complexity index is 196. The summed E-state index contributed by atoms with van der Waals surface area (Å²) in [5.74, 6) is 0.734. The van der Waals surface area contributed by atoms with Crippen molar-refractivity contribution in [3.8, 4) is 0 Å². The van der Waals surface area contributed by atoms with Gasteiger partial charge in [0.2, 0.25) is 0 Å². The second-order valence-corrected chi connectivity index (χ2v) is 9.77. The molecule has 0 spiro atoms. The molecule has 0 saturated heterocycles. The molecule has 0 aliphatic heterocycles. The number of hydrogen-bond acceptors (Lipinski definition) is 2. The largest absolute Gasteiger partial charge is 0.397 e. The van der Waals surface area contributed by atoms with E-state index in [1.165, 1.54) is 25.7 Å². The van der Waals surface area contributed by atoms with E-state index < -0.39 is 8.56 Å². The van der Waals surface area contributed by atoms with Gasteiger partial charge in [-0.15, -0.1) is 0 Å². The summed E-state index contributed by atoms with van der Waals surface area (Å²) in [6.45, 7) is 11.4. The molecule has 17 heavy (non-hydrogen) atoms. The molecule has 0 aliphatic carbocycles. The second kappa shape index (κ2) is 7.55. The first-order valence-electron chi connectivity index (χ1n) is 7.03. The third kappa shape index (κ3) is 4.07. The summed E-state index contributed by atoms with van der Waals surface area (Å²) in [5, 5.41) is 0.188. The van der Waals surface area contributed by atoms with E-state index in [1.807, 2.05) is 14.2 Å². The molecule has 0 aromatic rings. The van der Waals surface area contributed by atoms with Crippen LogP contribution < -0.4 is 0 Å². The molecule has 0 fully saturated rings. The molecular weight excluding hydrogens is 228 g/mol. The molecule has 104 valence electrons.